The van der Waals surface area contributed by atoms with Crippen LogP contribution in [0.3, 0.4) is 0 Å². The summed E-state index contributed by atoms with van der Waals surface area (Å²) >= 11 is 0. The van der Waals surface area contributed by atoms with Gasteiger partial charge < -0.3 is 10.1 Å². The number of benzene rings is 1. The predicted molar refractivity (Wildman–Crippen MR) is 74.1 cm³/mol. The highest BCUT2D eigenvalue weighted by Crippen LogP contribution is 2.02. The molecule has 4 heteroatoms. The number of allylic oxidation sites excluding steroid dienone is 2. The van der Waals surface area contributed by atoms with Crippen LogP contribution in [0.1, 0.15) is 5.56 Å². The first kappa shape index (κ1) is 14.7. The van der Waals surface area contributed by atoms with E-state index >= 15 is 0 Å². The predicted octanol–water partition coefficient (Wildman–Crippen LogP) is 1.91. The van der Waals surface area contributed by atoms with Gasteiger partial charge in [-0.25, -0.2) is 0 Å². The second-order valence-corrected chi connectivity index (χ2v) is 3.71. The number of methoxy groups -OCH3 is 1. The van der Waals surface area contributed by atoms with Crippen LogP contribution in [0.2, 0.25) is 0 Å². The van der Waals surface area contributed by atoms with Crippen LogP contribution in [-0.2, 0) is 9.53 Å². The van der Waals surface area contributed by atoms with Crippen molar-refractivity contribution >= 4 is 12.0 Å². The van der Waals surface area contributed by atoms with Crippen molar-refractivity contribution in [1.82, 2.24) is 5.32 Å². The Morgan fingerprint density at radius 2 is 2.16 bits per heavy atom. The molecule has 98 valence electrons. The summed E-state index contributed by atoms with van der Waals surface area (Å²) < 4.78 is 4.81. The van der Waals surface area contributed by atoms with Gasteiger partial charge >= 0.3 is 0 Å². The van der Waals surface area contributed by atoms with Gasteiger partial charge in [-0.2, -0.15) is 5.26 Å². The van der Waals surface area contributed by atoms with Crippen molar-refractivity contribution < 1.29 is 9.53 Å². The molecular weight excluding hydrogens is 240 g/mol. The lowest BCUT2D eigenvalue weighted by molar-refractivity contribution is -0.117. The maximum absolute atomic E-state index is 11.6. The number of ether oxygens (including phenoxy) is 1. The van der Waals surface area contributed by atoms with E-state index < -0.39 is 5.91 Å². The first-order chi connectivity index (χ1) is 9.27. The third kappa shape index (κ3) is 5.66. The lowest BCUT2D eigenvalue weighted by Crippen LogP contribution is -2.27. The van der Waals surface area contributed by atoms with E-state index in [0.717, 1.165) is 5.56 Å². The third-order valence-corrected chi connectivity index (χ3v) is 2.31. The zero-order chi connectivity index (χ0) is 13.9. The Bertz CT molecular complexity index is 499. The van der Waals surface area contributed by atoms with Crippen LogP contribution in [0.15, 0.2) is 48.1 Å². The lowest BCUT2D eigenvalue weighted by atomic mass is 10.2. The molecule has 1 aromatic carbocycles. The fourth-order valence-electron chi connectivity index (χ4n) is 1.35. The number of nitriles is 1. The highest BCUT2D eigenvalue weighted by Gasteiger charge is 2.05. The summed E-state index contributed by atoms with van der Waals surface area (Å²) in [5, 5.41) is 11.5. The van der Waals surface area contributed by atoms with E-state index in [1.807, 2.05) is 42.5 Å². The quantitative estimate of drug-likeness (QED) is 0.366. The van der Waals surface area contributed by atoms with E-state index in [-0.39, 0.29) is 5.57 Å². The molecule has 1 aromatic rings. The number of carbonyl (C=O) groups excluding carboxylic acids is 1. The molecule has 0 saturated carbocycles. The van der Waals surface area contributed by atoms with Crippen molar-refractivity contribution in [3.63, 3.8) is 0 Å². The van der Waals surface area contributed by atoms with Crippen molar-refractivity contribution in [1.29, 1.82) is 5.26 Å². The van der Waals surface area contributed by atoms with E-state index in [2.05, 4.69) is 5.32 Å². The molecule has 0 aliphatic carbocycles. The van der Waals surface area contributed by atoms with Crippen molar-refractivity contribution in [2.75, 3.05) is 20.3 Å². The number of hydrogen-bond donors (Lipinski definition) is 1. The molecule has 4 nitrogen and oxygen atoms in total. The topological polar surface area (TPSA) is 62.1 Å². The fourth-order valence-corrected chi connectivity index (χ4v) is 1.35. The molecule has 0 aliphatic heterocycles. The average Bonchev–Trinajstić information content (AvgIpc) is 2.45. The molecular formula is C15H16N2O2. The minimum atomic E-state index is -0.391. The molecule has 0 radical (unpaired) electrons. The molecule has 0 atom stereocenters. The van der Waals surface area contributed by atoms with E-state index in [1.54, 1.807) is 13.2 Å². The summed E-state index contributed by atoms with van der Waals surface area (Å²) in [5.41, 5.74) is 1.08. The van der Waals surface area contributed by atoms with E-state index in [0.29, 0.717) is 13.2 Å². The minimum absolute atomic E-state index is 0.0725. The van der Waals surface area contributed by atoms with Gasteiger partial charge in [0.25, 0.3) is 5.91 Å². The van der Waals surface area contributed by atoms with Gasteiger partial charge in [0.15, 0.2) is 0 Å². The summed E-state index contributed by atoms with van der Waals surface area (Å²) in [5.74, 6) is -0.391. The molecule has 0 heterocycles. The first-order valence-corrected chi connectivity index (χ1v) is 5.88. The molecule has 0 spiro atoms. The summed E-state index contributed by atoms with van der Waals surface area (Å²) in [6, 6.07) is 11.5. The lowest BCUT2D eigenvalue weighted by Gasteiger charge is -2.01. The molecule has 0 unspecified atom stereocenters. The maximum atomic E-state index is 11.6. The smallest absolute Gasteiger partial charge is 0.262 e. The molecule has 0 saturated heterocycles. The highest BCUT2D eigenvalue weighted by molar-refractivity contribution is 5.97. The van der Waals surface area contributed by atoms with Crippen LogP contribution in [0.5, 0.6) is 0 Å². The van der Waals surface area contributed by atoms with Crippen molar-refractivity contribution in [2.45, 2.75) is 0 Å². The van der Waals surface area contributed by atoms with Crippen LogP contribution < -0.4 is 5.32 Å². The molecule has 1 N–H and O–H groups in total. The van der Waals surface area contributed by atoms with Crippen LogP contribution in [0.25, 0.3) is 6.08 Å². The van der Waals surface area contributed by atoms with Gasteiger partial charge in [-0.05, 0) is 11.6 Å². The first-order valence-electron chi connectivity index (χ1n) is 5.88. The second-order valence-electron chi connectivity index (χ2n) is 3.71. The van der Waals surface area contributed by atoms with Gasteiger partial charge in [-0.1, -0.05) is 42.5 Å². The standard InChI is InChI=1S/C15H16N2O2/c1-19-11-10-17-15(18)14(12-16)9-5-8-13-6-3-2-4-7-13/h2-9H,10-11H2,1H3,(H,17,18)/b8-5+,14-9-. The molecule has 0 bridgehead atoms. The number of nitrogens with one attached hydrogen (secondary N) is 1. The zero-order valence-electron chi connectivity index (χ0n) is 10.8. The van der Waals surface area contributed by atoms with Gasteiger partial charge in [0.1, 0.15) is 11.6 Å². The molecule has 0 aromatic heterocycles. The fraction of sp³-hybridized carbons (Fsp3) is 0.200. The highest BCUT2D eigenvalue weighted by atomic mass is 16.5. The zero-order valence-corrected chi connectivity index (χ0v) is 10.8. The summed E-state index contributed by atoms with van der Waals surface area (Å²) in [6.07, 6.45) is 5.01. The third-order valence-electron chi connectivity index (χ3n) is 2.31. The molecule has 1 amide bonds. The normalized spacial score (nSPS) is 11.3. The van der Waals surface area contributed by atoms with Gasteiger partial charge in [0, 0.05) is 13.7 Å². The number of rotatable bonds is 6. The van der Waals surface area contributed by atoms with Crippen molar-refractivity contribution in [3.8, 4) is 6.07 Å². The molecule has 19 heavy (non-hydrogen) atoms. The molecule has 0 aliphatic rings. The number of amides is 1. The maximum Gasteiger partial charge on any atom is 0.262 e. The Kier molecular flexibility index (Phi) is 6.70. The van der Waals surface area contributed by atoms with Gasteiger partial charge in [0.05, 0.1) is 6.61 Å². The van der Waals surface area contributed by atoms with E-state index in [1.165, 1.54) is 6.08 Å². The van der Waals surface area contributed by atoms with E-state index in [9.17, 15) is 4.79 Å². The Morgan fingerprint density at radius 3 is 2.79 bits per heavy atom. The molecule has 0 fully saturated rings. The SMILES string of the molecule is COCCNC(=O)/C(C#N)=C\C=C\c1ccccc1. The van der Waals surface area contributed by atoms with Crippen molar-refractivity contribution in [2.24, 2.45) is 0 Å². The Hall–Kier alpha value is -2.38. The van der Waals surface area contributed by atoms with Gasteiger partial charge in [-0.15, -0.1) is 0 Å². The number of hydrogen-bond acceptors (Lipinski definition) is 3. The summed E-state index contributed by atoms with van der Waals surface area (Å²) in [7, 11) is 1.55. The average molecular weight is 256 g/mol. The number of carbonyl (C=O) groups is 1. The summed E-state index contributed by atoms with van der Waals surface area (Å²) in [4.78, 5) is 11.6. The Labute approximate surface area is 113 Å². The van der Waals surface area contributed by atoms with E-state index in [4.69, 9.17) is 10.00 Å². The van der Waals surface area contributed by atoms with Crippen LogP contribution in [0.4, 0.5) is 0 Å². The van der Waals surface area contributed by atoms with Crippen LogP contribution >= 0.6 is 0 Å². The summed E-state index contributed by atoms with van der Waals surface area (Å²) in [6.45, 7) is 0.807. The minimum Gasteiger partial charge on any atom is -0.383 e. The largest absolute Gasteiger partial charge is 0.383 e. The number of nitrogens with zero attached hydrogens (tertiary/aromatic N) is 1. The van der Waals surface area contributed by atoms with Crippen LogP contribution in [0, 0.1) is 11.3 Å². The Balaban J connectivity index is 2.60. The van der Waals surface area contributed by atoms with Gasteiger partial charge in [0.2, 0.25) is 0 Å². The Morgan fingerprint density at radius 1 is 1.42 bits per heavy atom. The van der Waals surface area contributed by atoms with Gasteiger partial charge in [-0.3, -0.25) is 4.79 Å². The van der Waals surface area contributed by atoms with Crippen LogP contribution in [-0.4, -0.2) is 26.2 Å². The monoisotopic (exact) mass is 256 g/mol. The van der Waals surface area contributed by atoms with Crippen molar-refractivity contribution in [3.05, 3.63) is 53.6 Å². The second kappa shape index (κ2) is 8.67. The molecule has 1 rings (SSSR count).